The molecule has 0 aromatic heterocycles. The van der Waals surface area contributed by atoms with Crippen LogP contribution in [0.4, 0.5) is 11.4 Å². The summed E-state index contributed by atoms with van der Waals surface area (Å²) in [6.45, 7) is 1.90. The highest BCUT2D eigenvalue weighted by atomic mass is 32.2. The molecule has 0 radical (unpaired) electrons. The predicted molar refractivity (Wildman–Crippen MR) is 124 cm³/mol. The van der Waals surface area contributed by atoms with E-state index >= 15 is 0 Å². The third kappa shape index (κ3) is 6.54. The molecule has 3 rings (SSSR count). The molecule has 2 amide bonds. The molecule has 0 aliphatic carbocycles. The van der Waals surface area contributed by atoms with Gasteiger partial charge in [-0.1, -0.05) is 18.2 Å². The Bertz CT molecular complexity index is 1070. The van der Waals surface area contributed by atoms with Gasteiger partial charge in [0.25, 0.3) is 0 Å². The molecule has 1 saturated heterocycles. The first-order chi connectivity index (χ1) is 15.2. The highest BCUT2D eigenvalue weighted by Crippen LogP contribution is 2.29. The monoisotopic (exact) mass is 459 g/mol. The maximum Gasteiger partial charge on any atom is 0.238 e. The van der Waals surface area contributed by atoms with Crippen LogP contribution >= 0.6 is 0 Å². The summed E-state index contributed by atoms with van der Waals surface area (Å²) in [6, 6.07) is 13.7. The topological polar surface area (TPSA) is 96.0 Å². The molecule has 1 N–H and O–H groups in total. The lowest BCUT2D eigenvalue weighted by atomic mass is 10.2. The average Bonchev–Trinajstić information content (AvgIpc) is 3.17. The molecule has 8 nitrogen and oxygen atoms in total. The maximum absolute atomic E-state index is 12.5. The second-order valence-electron chi connectivity index (χ2n) is 7.90. The van der Waals surface area contributed by atoms with Crippen molar-refractivity contribution in [3.63, 3.8) is 0 Å². The first-order valence-electron chi connectivity index (χ1n) is 10.5. The minimum atomic E-state index is -3.27. The van der Waals surface area contributed by atoms with Crippen molar-refractivity contribution in [1.82, 2.24) is 4.90 Å². The molecule has 0 unspecified atom stereocenters. The molecule has 9 heteroatoms. The molecule has 0 saturated carbocycles. The van der Waals surface area contributed by atoms with Crippen LogP contribution in [0.25, 0.3) is 0 Å². The summed E-state index contributed by atoms with van der Waals surface area (Å²) >= 11 is 0. The molecule has 1 fully saturated rings. The van der Waals surface area contributed by atoms with Crippen molar-refractivity contribution in [3.05, 3.63) is 48.5 Å². The van der Waals surface area contributed by atoms with Crippen molar-refractivity contribution < 1.29 is 22.7 Å². The van der Waals surface area contributed by atoms with Gasteiger partial charge in [-0.05, 0) is 50.2 Å². The zero-order chi connectivity index (χ0) is 23.1. The minimum Gasteiger partial charge on any atom is -0.494 e. The first-order valence-corrected chi connectivity index (χ1v) is 12.4. The molecule has 0 spiro atoms. The Hall–Kier alpha value is -2.91. The Balaban J connectivity index is 1.45. The number of nitrogens with one attached hydrogen (secondary N) is 1. The van der Waals surface area contributed by atoms with Gasteiger partial charge in [0, 0.05) is 25.8 Å². The van der Waals surface area contributed by atoms with Crippen LogP contribution in [0.1, 0.15) is 19.3 Å². The van der Waals surface area contributed by atoms with Crippen LogP contribution in [0.2, 0.25) is 0 Å². The summed E-state index contributed by atoms with van der Waals surface area (Å²) in [5.41, 5.74) is 1.37. The molecule has 2 aromatic carbocycles. The molecule has 0 atom stereocenters. The first kappa shape index (κ1) is 23.7. The Labute approximate surface area is 189 Å². The van der Waals surface area contributed by atoms with Crippen LogP contribution in [0.3, 0.4) is 0 Å². The second-order valence-corrected chi connectivity index (χ2v) is 9.92. The number of para-hydroxylation sites is 2. The Morgan fingerprint density at radius 3 is 2.69 bits per heavy atom. The third-order valence-corrected chi connectivity index (χ3v) is 6.25. The van der Waals surface area contributed by atoms with Crippen LogP contribution in [0, 0.1) is 0 Å². The Morgan fingerprint density at radius 1 is 1.19 bits per heavy atom. The van der Waals surface area contributed by atoms with E-state index in [1.165, 1.54) is 12.1 Å². The van der Waals surface area contributed by atoms with Crippen LogP contribution < -0.4 is 15.0 Å². The number of anilines is 2. The highest BCUT2D eigenvalue weighted by Gasteiger charge is 2.24. The van der Waals surface area contributed by atoms with Crippen molar-refractivity contribution >= 4 is 33.0 Å². The Kier molecular flexibility index (Phi) is 7.87. The number of carbonyl (C=O) groups is 2. The van der Waals surface area contributed by atoms with Crippen molar-refractivity contribution in [2.45, 2.75) is 24.2 Å². The number of benzene rings is 2. The van der Waals surface area contributed by atoms with Gasteiger partial charge >= 0.3 is 0 Å². The fourth-order valence-electron chi connectivity index (χ4n) is 3.55. The largest absolute Gasteiger partial charge is 0.494 e. The molecular weight excluding hydrogens is 430 g/mol. The molecule has 0 bridgehead atoms. The average molecular weight is 460 g/mol. The van der Waals surface area contributed by atoms with Crippen molar-refractivity contribution in [3.8, 4) is 5.75 Å². The van der Waals surface area contributed by atoms with E-state index in [4.69, 9.17) is 4.74 Å². The van der Waals surface area contributed by atoms with Gasteiger partial charge in [0.15, 0.2) is 9.84 Å². The summed E-state index contributed by atoms with van der Waals surface area (Å²) in [4.78, 5) is 28.4. The van der Waals surface area contributed by atoms with Crippen molar-refractivity contribution in [2.75, 3.05) is 49.8 Å². The second kappa shape index (κ2) is 10.6. The van der Waals surface area contributed by atoms with E-state index in [-0.39, 0.29) is 23.3 Å². The van der Waals surface area contributed by atoms with Gasteiger partial charge in [0.05, 0.1) is 29.4 Å². The summed E-state index contributed by atoms with van der Waals surface area (Å²) in [5, 5.41) is 2.91. The summed E-state index contributed by atoms with van der Waals surface area (Å²) in [5.74, 6) is 0.417. The van der Waals surface area contributed by atoms with Crippen molar-refractivity contribution in [2.24, 2.45) is 0 Å². The molecular formula is C23H29N3O5S. The van der Waals surface area contributed by atoms with E-state index < -0.39 is 9.84 Å². The molecule has 1 aliphatic rings. The van der Waals surface area contributed by atoms with Gasteiger partial charge < -0.3 is 15.0 Å². The fraction of sp³-hybridized carbons (Fsp3) is 0.391. The van der Waals surface area contributed by atoms with Gasteiger partial charge in [-0.2, -0.15) is 0 Å². The number of likely N-dealkylation sites (N-methyl/N-ethyl adjacent to an activating group) is 1. The SMILES string of the molecule is CN(CCCOc1cccc(S(C)(=O)=O)c1)CC(=O)Nc1ccccc1N1CCCC1=O. The summed E-state index contributed by atoms with van der Waals surface area (Å²) < 4.78 is 28.9. The van der Waals surface area contributed by atoms with Crippen molar-refractivity contribution in [1.29, 1.82) is 0 Å². The van der Waals surface area contributed by atoms with Crippen LogP contribution in [-0.4, -0.2) is 64.7 Å². The number of hydrogen-bond donors (Lipinski definition) is 1. The number of ether oxygens (including phenoxy) is 1. The number of carbonyl (C=O) groups excluding carboxylic acids is 2. The highest BCUT2D eigenvalue weighted by molar-refractivity contribution is 7.90. The van der Waals surface area contributed by atoms with E-state index in [1.807, 2.05) is 30.1 Å². The molecule has 2 aromatic rings. The molecule has 172 valence electrons. The summed E-state index contributed by atoms with van der Waals surface area (Å²) in [7, 11) is -1.43. The van der Waals surface area contributed by atoms with Crippen LogP contribution in [0.15, 0.2) is 53.4 Å². The standard InChI is InChI=1S/C23H29N3O5S/c1-25(13-7-15-31-18-8-5-9-19(16-18)32(2,29)30)17-22(27)24-20-10-3-4-11-21(20)26-14-6-12-23(26)28/h3-5,8-11,16H,6-7,12-15,17H2,1-2H3,(H,24,27). The maximum atomic E-state index is 12.5. The predicted octanol–water partition coefficient (Wildman–Crippen LogP) is 2.56. The van der Waals surface area contributed by atoms with Gasteiger partial charge in [-0.3, -0.25) is 14.5 Å². The van der Waals surface area contributed by atoms with Crippen LogP contribution in [-0.2, 0) is 19.4 Å². The fourth-order valence-corrected chi connectivity index (χ4v) is 4.21. The lowest BCUT2D eigenvalue weighted by Crippen LogP contribution is -2.32. The zero-order valence-corrected chi connectivity index (χ0v) is 19.2. The Morgan fingerprint density at radius 2 is 1.97 bits per heavy atom. The lowest BCUT2D eigenvalue weighted by Gasteiger charge is -2.21. The normalized spacial score (nSPS) is 14.1. The van der Waals surface area contributed by atoms with Gasteiger partial charge in [-0.15, -0.1) is 0 Å². The van der Waals surface area contributed by atoms with E-state index in [9.17, 15) is 18.0 Å². The smallest absolute Gasteiger partial charge is 0.238 e. The number of nitrogens with zero attached hydrogens (tertiary/aromatic N) is 2. The summed E-state index contributed by atoms with van der Waals surface area (Å²) in [6.07, 6.45) is 3.19. The van der Waals surface area contributed by atoms with Gasteiger partial charge in [-0.25, -0.2) is 8.42 Å². The molecule has 32 heavy (non-hydrogen) atoms. The number of rotatable bonds is 10. The van der Waals surface area contributed by atoms with E-state index in [0.717, 1.165) is 18.4 Å². The zero-order valence-electron chi connectivity index (χ0n) is 18.4. The quantitative estimate of drug-likeness (QED) is 0.549. The molecule has 1 aliphatic heterocycles. The number of hydrogen-bond acceptors (Lipinski definition) is 6. The van der Waals surface area contributed by atoms with E-state index in [2.05, 4.69) is 5.32 Å². The van der Waals surface area contributed by atoms with Crippen LogP contribution in [0.5, 0.6) is 5.75 Å². The number of sulfone groups is 1. The van der Waals surface area contributed by atoms with Gasteiger partial charge in [0.1, 0.15) is 5.75 Å². The molecule has 1 heterocycles. The lowest BCUT2D eigenvalue weighted by molar-refractivity contribution is -0.118. The van der Waals surface area contributed by atoms with E-state index in [0.29, 0.717) is 44.0 Å². The minimum absolute atomic E-state index is 0.0749. The van der Waals surface area contributed by atoms with E-state index in [1.54, 1.807) is 23.1 Å². The van der Waals surface area contributed by atoms with Gasteiger partial charge in [0.2, 0.25) is 11.8 Å². The number of amides is 2. The third-order valence-electron chi connectivity index (χ3n) is 5.14.